The molecule has 8 heteroatoms. The highest BCUT2D eigenvalue weighted by atomic mass is 32.2. The Bertz CT molecular complexity index is 972. The number of nitrogens with zero attached hydrogens (tertiary/aromatic N) is 2. The number of amides is 2. The second kappa shape index (κ2) is 10.6. The summed E-state index contributed by atoms with van der Waals surface area (Å²) in [5.74, 6) is -2.17. The summed E-state index contributed by atoms with van der Waals surface area (Å²) in [4.78, 5) is 46.1. The number of thioether (sulfide) groups is 1. The third kappa shape index (κ3) is 5.07. The molecule has 0 aliphatic carbocycles. The summed E-state index contributed by atoms with van der Waals surface area (Å²) >= 11 is 1.62. The lowest BCUT2D eigenvalue weighted by Crippen LogP contribution is -2.62. The number of fused-ring (bicyclic) bond motifs is 1. The highest BCUT2D eigenvalue weighted by Gasteiger charge is 2.78. The quantitative estimate of drug-likeness (QED) is 0.303. The van der Waals surface area contributed by atoms with E-state index in [1.165, 1.54) is 6.08 Å². The standard InChI is InChI=1S/C30H48N2O5S/c1-11-15-31(28(8,9)18-27(5,6)7)25(35)23-30-14-13-29(10,38-30)22(26(36)37-16-12-2)21(30)24(34)32(23)20(17-33)19(3)4/h11-12,19-23,33H,1-2,13-18H2,3-10H3/t20-,21-,22-,23?,29+,30?/m0/s1. The van der Waals surface area contributed by atoms with Crippen molar-refractivity contribution in [2.75, 3.05) is 19.8 Å². The van der Waals surface area contributed by atoms with E-state index < -0.39 is 44.9 Å². The van der Waals surface area contributed by atoms with E-state index in [0.29, 0.717) is 19.4 Å². The molecule has 2 unspecified atom stereocenters. The lowest BCUT2D eigenvalue weighted by molar-refractivity contribution is -0.155. The van der Waals surface area contributed by atoms with Gasteiger partial charge in [-0.15, -0.1) is 18.3 Å². The molecule has 3 heterocycles. The summed E-state index contributed by atoms with van der Waals surface area (Å²) in [5, 5.41) is 10.5. The summed E-state index contributed by atoms with van der Waals surface area (Å²) in [7, 11) is 0. The molecule has 6 atom stereocenters. The predicted octanol–water partition coefficient (Wildman–Crippen LogP) is 4.44. The van der Waals surface area contributed by atoms with Crippen molar-refractivity contribution in [3.63, 3.8) is 0 Å². The minimum absolute atomic E-state index is 0.0329. The SMILES string of the molecule is C=CCOC(=O)[C@@H]1[C@H]2C(=O)N([C@@H](CO)C(C)C)C(C(=O)N(CC=C)C(C)(C)CC(C)(C)C)C23CC[C@@]1(C)S3. The molecule has 3 fully saturated rings. The number of ether oxygens (including phenoxy) is 1. The molecule has 2 amide bonds. The van der Waals surface area contributed by atoms with Crippen LogP contribution >= 0.6 is 11.8 Å². The molecule has 0 aromatic heterocycles. The van der Waals surface area contributed by atoms with Gasteiger partial charge in [-0.05, 0) is 51.4 Å². The van der Waals surface area contributed by atoms with Crippen LogP contribution in [0.5, 0.6) is 0 Å². The summed E-state index contributed by atoms with van der Waals surface area (Å²) in [6, 6.07) is -1.33. The van der Waals surface area contributed by atoms with Crippen molar-refractivity contribution < 1.29 is 24.2 Å². The Kier molecular flexibility index (Phi) is 8.61. The Morgan fingerprint density at radius 3 is 2.34 bits per heavy atom. The summed E-state index contributed by atoms with van der Waals surface area (Å²) < 4.78 is 4.24. The highest BCUT2D eigenvalue weighted by Crippen LogP contribution is 2.72. The number of aliphatic hydroxyl groups excluding tert-OH is 1. The van der Waals surface area contributed by atoms with Crippen molar-refractivity contribution in [1.82, 2.24) is 9.80 Å². The van der Waals surface area contributed by atoms with Crippen molar-refractivity contribution >= 4 is 29.5 Å². The van der Waals surface area contributed by atoms with Gasteiger partial charge in [0, 0.05) is 16.8 Å². The molecule has 38 heavy (non-hydrogen) atoms. The van der Waals surface area contributed by atoms with E-state index >= 15 is 0 Å². The minimum atomic E-state index is -0.789. The largest absolute Gasteiger partial charge is 0.461 e. The van der Waals surface area contributed by atoms with E-state index in [1.54, 1.807) is 22.7 Å². The van der Waals surface area contributed by atoms with Gasteiger partial charge in [-0.2, -0.15) is 0 Å². The van der Waals surface area contributed by atoms with Crippen molar-refractivity contribution in [3.05, 3.63) is 25.3 Å². The fourth-order valence-electron chi connectivity index (χ4n) is 7.51. The van der Waals surface area contributed by atoms with Crippen LogP contribution in [0.25, 0.3) is 0 Å². The number of hydrogen-bond acceptors (Lipinski definition) is 6. The first-order valence-corrected chi connectivity index (χ1v) is 14.7. The average molecular weight is 549 g/mol. The molecule has 0 aromatic carbocycles. The van der Waals surface area contributed by atoms with Crippen molar-refractivity contribution in [3.8, 4) is 0 Å². The first-order chi connectivity index (χ1) is 17.5. The lowest BCUT2D eigenvalue weighted by atomic mass is 9.66. The van der Waals surface area contributed by atoms with Gasteiger partial charge >= 0.3 is 5.97 Å². The second-order valence-corrected chi connectivity index (χ2v) is 15.6. The monoisotopic (exact) mass is 548 g/mol. The maximum Gasteiger partial charge on any atom is 0.311 e. The molecule has 0 aromatic rings. The van der Waals surface area contributed by atoms with Crippen LogP contribution in [-0.2, 0) is 19.1 Å². The van der Waals surface area contributed by atoms with Crippen LogP contribution in [0.15, 0.2) is 25.3 Å². The second-order valence-electron chi connectivity index (χ2n) is 13.7. The highest BCUT2D eigenvalue weighted by molar-refractivity contribution is 8.02. The van der Waals surface area contributed by atoms with Gasteiger partial charge in [0.15, 0.2) is 0 Å². The molecule has 3 rings (SSSR count). The molecule has 1 spiro atoms. The molecule has 0 radical (unpaired) electrons. The fraction of sp³-hybridized carbons (Fsp3) is 0.767. The van der Waals surface area contributed by atoms with Crippen LogP contribution in [0.4, 0.5) is 0 Å². The zero-order valence-corrected chi connectivity index (χ0v) is 25.4. The molecule has 1 N–H and O–H groups in total. The zero-order chi connectivity index (χ0) is 28.8. The van der Waals surface area contributed by atoms with Gasteiger partial charge in [0.25, 0.3) is 0 Å². The molecular weight excluding hydrogens is 500 g/mol. The van der Waals surface area contributed by atoms with Crippen molar-refractivity contribution in [2.24, 2.45) is 23.2 Å². The van der Waals surface area contributed by atoms with Crippen molar-refractivity contribution in [1.29, 1.82) is 0 Å². The molecule has 3 saturated heterocycles. The molecule has 0 saturated carbocycles. The Labute approximate surface area is 233 Å². The average Bonchev–Trinajstić information content (AvgIpc) is 3.35. The number of esters is 1. The molecular formula is C30H48N2O5S. The number of likely N-dealkylation sites (tertiary alicyclic amines) is 1. The third-order valence-electron chi connectivity index (χ3n) is 8.63. The van der Waals surface area contributed by atoms with Crippen LogP contribution in [0, 0.1) is 23.2 Å². The Morgan fingerprint density at radius 2 is 1.84 bits per heavy atom. The van der Waals surface area contributed by atoms with Crippen LogP contribution in [0.3, 0.4) is 0 Å². The van der Waals surface area contributed by atoms with Gasteiger partial charge in [0.1, 0.15) is 12.6 Å². The van der Waals surface area contributed by atoms with Gasteiger partial charge in [0.05, 0.1) is 29.2 Å². The minimum Gasteiger partial charge on any atom is -0.461 e. The summed E-state index contributed by atoms with van der Waals surface area (Å²) in [6.45, 7) is 24.3. The van der Waals surface area contributed by atoms with Gasteiger partial charge < -0.3 is 19.6 Å². The molecule has 2 bridgehead atoms. The van der Waals surface area contributed by atoms with Gasteiger partial charge in [-0.3, -0.25) is 14.4 Å². The number of carbonyl (C=O) groups excluding carboxylic acids is 3. The number of hydrogen-bond donors (Lipinski definition) is 1. The summed E-state index contributed by atoms with van der Waals surface area (Å²) in [5.41, 5.74) is -0.540. The summed E-state index contributed by atoms with van der Waals surface area (Å²) in [6.07, 6.45) is 5.38. The first kappa shape index (κ1) is 30.7. The Balaban J connectivity index is 2.17. The fourth-order valence-corrected chi connectivity index (χ4v) is 9.84. The molecule has 214 valence electrons. The number of rotatable bonds is 11. The Hall–Kier alpha value is -1.80. The Morgan fingerprint density at radius 1 is 1.21 bits per heavy atom. The van der Waals surface area contributed by atoms with Gasteiger partial charge in [0.2, 0.25) is 11.8 Å². The first-order valence-electron chi connectivity index (χ1n) is 13.8. The maximum atomic E-state index is 14.8. The van der Waals surface area contributed by atoms with Crippen LogP contribution in [0.2, 0.25) is 0 Å². The van der Waals surface area contributed by atoms with E-state index in [9.17, 15) is 19.5 Å². The van der Waals surface area contributed by atoms with Crippen LogP contribution in [-0.4, -0.2) is 79.6 Å². The normalized spacial score (nSPS) is 31.4. The van der Waals surface area contributed by atoms with E-state index in [0.717, 1.165) is 6.42 Å². The lowest BCUT2D eigenvalue weighted by Gasteiger charge is -2.47. The zero-order valence-electron chi connectivity index (χ0n) is 24.6. The van der Waals surface area contributed by atoms with E-state index in [4.69, 9.17) is 4.74 Å². The molecule has 7 nitrogen and oxygen atoms in total. The van der Waals surface area contributed by atoms with Crippen LogP contribution in [0.1, 0.15) is 74.7 Å². The van der Waals surface area contributed by atoms with E-state index in [1.807, 2.05) is 25.7 Å². The van der Waals surface area contributed by atoms with Gasteiger partial charge in [-0.25, -0.2) is 0 Å². The topological polar surface area (TPSA) is 87.1 Å². The predicted molar refractivity (Wildman–Crippen MR) is 153 cm³/mol. The van der Waals surface area contributed by atoms with Crippen LogP contribution < -0.4 is 0 Å². The number of carbonyl (C=O) groups is 3. The van der Waals surface area contributed by atoms with E-state index in [-0.39, 0.29) is 36.4 Å². The van der Waals surface area contributed by atoms with Crippen molar-refractivity contribution in [2.45, 2.75) is 102 Å². The molecule has 3 aliphatic rings. The smallest absolute Gasteiger partial charge is 0.311 e. The number of aliphatic hydroxyl groups is 1. The molecule has 3 aliphatic heterocycles. The van der Waals surface area contributed by atoms with Gasteiger partial charge in [-0.1, -0.05) is 53.3 Å². The maximum absolute atomic E-state index is 14.8. The van der Waals surface area contributed by atoms with E-state index in [2.05, 4.69) is 47.8 Å². The third-order valence-corrected chi connectivity index (χ3v) is 10.6.